The average molecular weight is 397 g/mol. The summed E-state index contributed by atoms with van der Waals surface area (Å²) in [6.07, 6.45) is 9.25. The summed E-state index contributed by atoms with van der Waals surface area (Å²) < 4.78 is 6.14. The number of aliphatic hydroxyl groups is 1. The molecule has 2 aliphatic carbocycles. The van der Waals surface area contributed by atoms with E-state index in [1.807, 2.05) is 36.4 Å². The molecule has 0 amide bonds. The number of ether oxygens (including phenoxy) is 1. The van der Waals surface area contributed by atoms with Gasteiger partial charge in [0, 0.05) is 5.92 Å². The normalized spacial score (nSPS) is 27.8. The molecule has 158 valence electrons. The van der Waals surface area contributed by atoms with E-state index >= 15 is 0 Å². The molecule has 29 heavy (non-hydrogen) atoms. The second kappa shape index (κ2) is 9.30. The van der Waals surface area contributed by atoms with Gasteiger partial charge < -0.3 is 9.84 Å². The Morgan fingerprint density at radius 1 is 1.28 bits per heavy atom. The van der Waals surface area contributed by atoms with E-state index in [2.05, 4.69) is 27.4 Å². The van der Waals surface area contributed by atoms with E-state index in [9.17, 15) is 9.90 Å². The number of benzene rings is 1. The molecule has 1 fully saturated rings. The van der Waals surface area contributed by atoms with Crippen molar-refractivity contribution in [1.82, 2.24) is 0 Å². The molecular formula is C26H36O3. The first kappa shape index (κ1) is 21.8. The van der Waals surface area contributed by atoms with E-state index < -0.39 is 17.5 Å². The number of allylic oxidation sites excluding steroid dienone is 1. The molecule has 0 spiro atoms. The third kappa shape index (κ3) is 4.50. The Morgan fingerprint density at radius 3 is 2.59 bits per heavy atom. The molecule has 0 heterocycles. The summed E-state index contributed by atoms with van der Waals surface area (Å²) >= 11 is 0. The zero-order chi connectivity index (χ0) is 21.0. The molecule has 1 aromatic rings. The second-order valence-electron chi connectivity index (χ2n) is 9.28. The van der Waals surface area contributed by atoms with Crippen molar-refractivity contribution in [3.8, 4) is 0 Å². The Morgan fingerprint density at radius 2 is 2.00 bits per heavy atom. The Kier molecular flexibility index (Phi) is 7.00. The Balaban J connectivity index is 1.93. The highest BCUT2D eigenvalue weighted by Gasteiger charge is 2.50. The van der Waals surface area contributed by atoms with Crippen LogP contribution >= 0.6 is 0 Å². The zero-order valence-corrected chi connectivity index (χ0v) is 18.1. The van der Waals surface area contributed by atoms with Gasteiger partial charge in [0.15, 0.2) is 5.60 Å². The highest BCUT2D eigenvalue weighted by atomic mass is 16.6. The number of carbonyl (C=O) groups excluding carboxylic acids is 1. The fourth-order valence-electron chi connectivity index (χ4n) is 5.16. The predicted octanol–water partition coefficient (Wildman–Crippen LogP) is 5.80. The number of esters is 1. The highest BCUT2D eigenvalue weighted by Crippen LogP contribution is 2.43. The van der Waals surface area contributed by atoms with Crippen molar-refractivity contribution < 1.29 is 14.6 Å². The molecule has 3 heteroatoms. The maximum atomic E-state index is 13.6. The van der Waals surface area contributed by atoms with Crippen LogP contribution in [0.1, 0.15) is 70.8 Å². The predicted molar refractivity (Wildman–Crippen MR) is 117 cm³/mol. The SMILES string of the molecule is C=C[C@@H](c1ccccc1)[C@@](O)(C(=O)O[C@@H]1C[C@H](C)CC[C@H]1C(C)C)C1=CCCC1. The van der Waals surface area contributed by atoms with Gasteiger partial charge in [0.25, 0.3) is 0 Å². The fraction of sp³-hybridized carbons (Fsp3) is 0.577. The second-order valence-corrected chi connectivity index (χ2v) is 9.28. The first-order valence-corrected chi connectivity index (χ1v) is 11.2. The Hall–Kier alpha value is -1.87. The van der Waals surface area contributed by atoms with Gasteiger partial charge in [-0.3, -0.25) is 0 Å². The molecule has 0 aliphatic heterocycles. The molecule has 0 saturated heterocycles. The number of hydrogen-bond donors (Lipinski definition) is 1. The van der Waals surface area contributed by atoms with E-state index in [-0.39, 0.29) is 6.10 Å². The summed E-state index contributed by atoms with van der Waals surface area (Å²) in [6, 6.07) is 9.68. The lowest BCUT2D eigenvalue weighted by atomic mass is 9.74. The quantitative estimate of drug-likeness (QED) is 0.468. The van der Waals surface area contributed by atoms with Gasteiger partial charge in [-0.05, 0) is 61.0 Å². The molecule has 1 saturated carbocycles. The van der Waals surface area contributed by atoms with Gasteiger partial charge in [0.2, 0.25) is 0 Å². The monoisotopic (exact) mass is 396 g/mol. The molecule has 3 nitrogen and oxygen atoms in total. The van der Waals surface area contributed by atoms with Crippen molar-refractivity contribution in [2.24, 2.45) is 17.8 Å². The van der Waals surface area contributed by atoms with Crippen LogP contribution in [-0.2, 0) is 9.53 Å². The van der Waals surface area contributed by atoms with Crippen molar-refractivity contribution >= 4 is 5.97 Å². The van der Waals surface area contributed by atoms with Crippen molar-refractivity contribution in [3.63, 3.8) is 0 Å². The van der Waals surface area contributed by atoms with E-state index in [1.54, 1.807) is 6.08 Å². The lowest BCUT2D eigenvalue weighted by Gasteiger charge is -2.40. The summed E-state index contributed by atoms with van der Waals surface area (Å²) in [4.78, 5) is 13.6. The molecular weight excluding hydrogens is 360 g/mol. The third-order valence-corrected chi connectivity index (χ3v) is 6.91. The first-order chi connectivity index (χ1) is 13.9. The van der Waals surface area contributed by atoms with E-state index in [1.165, 1.54) is 6.42 Å². The van der Waals surface area contributed by atoms with E-state index in [4.69, 9.17) is 4.74 Å². The summed E-state index contributed by atoms with van der Waals surface area (Å²) in [6.45, 7) is 10.6. The summed E-state index contributed by atoms with van der Waals surface area (Å²) in [7, 11) is 0. The van der Waals surface area contributed by atoms with Crippen LogP contribution < -0.4 is 0 Å². The standard InChI is InChI=1S/C26H36O3/c1-5-23(20-11-7-6-8-12-20)26(28,21-13-9-10-14-21)25(27)29-24-17-19(4)15-16-22(24)18(2)3/h5-8,11-13,18-19,22-24,28H,1,9-10,14-17H2,2-4H3/t19-,22+,23+,24-,26-/m1/s1. The van der Waals surface area contributed by atoms with Gasteiger partial charge in [0.05, 0.1) is 0 Å². The van der Waals surface area contributed by atoms with Crippen LogP contribution in [0, 0.1) is 17.8 Å². The summed E-state index contributed by atoms with van der Waals surface area (Å²) in [5, 5.41) is 11.9. The molecule has 5 atom stereocenters. The maximum Gasteiger partial charge on any atom is 0.343 e. The largest absolute Gasteiger partial charge is 0.460 e. The third-order valence-electron chi connectivity index (χ3n) is 6.91. The van der Waals surface area contributed by atoms with Crippen LogP contribution in [0.3, 0.4) is 0 Å². The Bertz CT molecular complexity index is 736. The molecule has 3 rings (SSSR count). The van der Waals surface area contributed by atoms with Crippen molar-refractivity contribution in [2.45, 2.75) is 76.9 Å². The maximum absolute atomic E-state index is 13.6. The number of rotatable bonds is 7. The molecule has 1 N–H and O–H groups in total. The van der Waals surface area contributed by atoms with Crippen LogP contribution in [0.2, 0.25) is 0 Å². The molecule has 2 aliphatic rings. The molecule has 0 unspecified atom stereocenters. The van der Waals surface area contributed by atoms with Crippen LogP contribution in [0.25, 0.3) is 0 Å². The van der Waals surface area contributed by atoms with Gasteiger partial charge in [-0.25, -0.2) is 4.79 Å². The zero-order valence-electron chi connectivity index (χ0n) is 18.1. The number of carbonyl (C=O) groups is 1. The first-order valence-electron chi connectivity index (χ1n) is 11.2. The van der Waals surface area contributed by atoms with Gasteiger partial charge in [-0.2, -0.15) is 0 Å². The van der Waals surface area contributed by atoms with E-state index in [0.717, 1.165) is 43.2 Å². The van der Waals surface area contributed by atoms with Gasteiger partial charge >= 0.3 is 5.97 Å². The average Bonchev–Trinajstić information content (AvgIpc) is 3.24. The van der Waals surface area contributed by atoms with Crippen LogP contribution in [-0.4, -0.2) is 22.8 Å². The molecule has 0 bridgehead atoms. The van der Waals surface area contributed by atoms with Gasteiger partial charge in [-0.1, -0.05) is 69.7 Å². The fourth-order valence-corrected chi connectivity index (χ4v) is 5.16. The van der Waals surface area contributed by atoms with Gasteiger partial charge in [0.1, 0.15) is 6.10 Å². The van der Waals surface area contributed by atoms with Crippen LogP contribution in [0.5, 0.6) is 0 Å². The lowest BCUT2D eigenvalue weighted by Crippen LogP contribution is -2.49. The Labute approximate surface area is 175 Å². The minimum Gasteiger partial charge on any atom is -0.460 e. The summed E-state index contributed by atoms with van der Waals surface area (Å²) in [5.74, 6) is 0.286. The minimum atomic E-state index is -1.69. The van der Waals surface area contributed by atoms with Crippen LogP contribution in [0.4, 0.5) is 0 Å². The summed E-state index contributed by atoms with van der Waals surface area (Å²) in [5.41, 5.74) is -0.0321. The lowest BCUT2D eigenvalue weighted by molar-refractivity contribution is -0.175. The van der Waals surface area contributed by atoms with Crippen molar-refractivity contribution in [1.29, 1.82) is 0 Å². The smallest absolute Gasteiger partial charge is 0.343 e. The molecule has 0 aromatic heterocycles. The van der Waals surface area contributed by atoms with Crippen molar-refractivity contribution in [3.05, 3.63) is 60.2 Å². The molecule has 1 aromatic carbocycles. The van der Waals surface area contributed by atoms with Crippen LogP contribution in [0.15, 0.2) is 54.6 Å². The van der Waals surface area contributed by atoms with E-state index in [0.29, 0.717) is 17.8 Å². The number of hydrogen-bond acceptors (Lipinski definition) is 3. The highest BCUT2D eigenvalue weighted by molar-refractivity contribution is 5.86. The molecule has 0 radical (unpaired) electrons. The van der Waals surface area contributed by atoms with Gasteiger partial charge in [-0.15, -0.1) is 6.58 Å². The minimum absolute atomic E-state index is 0.138. The van der Waals surface area contributed by atoms with Crippen molar-refractivity contribution in [2.75, 3.05) is 0 Å². The topological polar surface area (TPSA) is 46.5 Å².